The molecule has 0 radical (unpaired) electrons. The molecule has 2 unspecified atom stereocenters. The highest BCUT2D eigenvalue weighted by Crippen LogP contribution is 2.33. The molecule has 128 valence electrons. The number of hydrogen-bond acceptors (Lipinski definition) is 1. The third-order valence-corrected chi connectivity index (χ3v) is 5.57. The van der Waals surface area contributed by atoms with Crippen LogP contribution in [-0.4, -0.2) is 6.61 Å². The maximum absolute atomic E-state index is 6.16. The minimum Gasteiger partial charge on any atom is -0.373 e. The smallest absolute Gasteiger partial charge is 0.0825 e. The molecule has 2 aromatic rings. The van der Waals surface area contributed by atoms with Gasteiger partial charge in [-0.2, -0.15) is 0 Å². The van der Waals surface area contributed by atoms with E-state index in [1.165, 1.54) is 48.8 Å². The first kappa shape index (κ1) is 17.7. The molecule has 0 N–H and O–H groups in total. The third-order valence-electron chi connectivity index (χ3n) is 5.05. The molecule has 1 heterocycles. The van der Waals surface area contributed by atoms with Gasteiger partial charge in [0, 0.05) is 4.47 Å². The van der Waals surface area contributed by atoms with E-state index < -0.39 is 0 Å². The van der Waals surface area contributed by atoms with Crippen molar-refractivity contribution in [2.24, 2.45) is 5.92 Å². The molecule has 0 aromatic heterocycles. The molecule has 3 rings (SSSR count). The fraction of sp³-hybridized carbons (Fsp3) is 0.455. The average Bonchev–Trinajstić information content (AvgIpc) is 2.63. The van der Waals surface area contributed by atoms with Gasteiger partial charge in [0.2, 0.25) is 0 Å². The van der Waals surface area contributed by atoms with Crippen LogP contribution in [0.15, 0.2) is 53.0 Å². The molecule has 2 aromatic carbocycles. The summed E-state index contributed by atoms with van der Waals surface area (Å²) in [5, 5.41) is 0. The van der Waals surface area contributed by atoms with Crippen LogP contribution >= 0.6 is 15.9 Å². The first-order valence-electron chi connectivity index (χ1n) is 9.23. The zero-order valence-corrected chi connectivity index (χ0v) is 16.1. The number of ether oxygens (including phenoxy) is 1. The van der Waals surface area contributed by atoms with Gasteiger partial charge >= 0.3 is 0 Å². The van der Waals surface area contributed by atoms with Gasteiger partial charge in [-0.3, -0.25) is 0 Å². The van der Waals surface area contributed by atoms with E-state index in [9.17, 15) is 0 Å². The van der Waals surface area contributed by atoms with Gasteiger partial charge in [0.1, 0.15) is 0 Å². The number of halogens is 1. The van der Waals surface area contributed by atoms with Crippen LogP contribution in [0.5, 0.6) is 0 Å². The Kier molecular flexibility index (Phi) is 6.51. The zero-order valence-electron chi connectivity index (χ0n) is 14.5. The molecule has 0 bridgehead atoms. The Bertz CT molecular complexity index is 609. The minimum absolute atomic E-state index is 0.284. The Morgan fingerprint density at radius 1 is 0.917 bits per heavy atom. The Labute approximate surface area is 154 Å². The number of hydrogen-bond donors (Lipinski definition) is 0. The number of rotatable bonds is 6. The predicted octanol–water partition coefficient (Wildman–Crippen LogP) is 7.16. The fourth-order valence-electron chi connectivity index (χ4n) is 3.51. The van der Waals surface area contributed by atoms with Crippen molar-refractivity contribution in [3.05, 3.63) is 58.6 Å². The molecular formula is C22H27BrO. The summed E-state index contributed by atoms with van der Waals surface area (Å²) in [7, 11) is 0. The van der Waals surface area contributed by atoms with Crippen molar-refractivity contribution in [1.29, 1.82) is 0 Å². The molecule has 0 amide bonds. The quantitative estimate of drug-likeness (QED) is 0.478. The first-order chi connectivity index (χ1) is 11.8. The molecule has 0 saturated carbocycles. The van der Waals surface area contributed by atoms with E-state index in [2.05, 4.69) is 71.4 Å². The Hall–Kier alpha value is -1.12. The number of unbranched alkanes of at least 4 members (excludes halogenated alkanes) is 2. The van der Waals surface area contributed by atoms with Crippen LogP contribution in [0.3, 0.4) is 0 Å². The van der Waals surface area contributed by atoms with Gasteiger partial charge in [-0.05, 0) is 54.0 Å². The number of benzene rings is 2. The lowest BCUT2D eigenvalue weighted by atomic mass is 9.90. The Balaban J connectivity index is 1.56. The minimum atomic E-state index is 0.284. The summed E-state index contributed by atoms with van der Waals surface area (Å²) in [5.74, 6) is 0.773. The van der Waals surface area contributed by atoms with Crippen molar-refractivity contribution >= 4 is 15.9 Å². The molecule has 1 saturated heterocycles. The Morgan fingerprint density at radius 2 is 1.58 bits per heavy atom. The molecule has 0 spiro atoms. The summed E-state index contributed by atoms with van der Waals surface area (Å²) < 4.78 is 7.28. The van der Waals surface area contributed by atoms with Crippen LogP contribution in [0.1, 0.15) is 57.1 Å². The highest BCUT2D eigenvalue weighted by atomic mass is 79.9. The highest BCUT2D eigenvalue weighted by Gasteiger charge is 2.22. The topological polar surface area (TPSA) is 9.23 Å². The predicted molar refractivity (Wildman–Crippen MR) is 105 cm³/mol. The van der Waals surface area contributed by atoms with Crippen LogP contribution < -0.4 is 0 Å². The van der Waals surface area contributed by atoms with Crippen LogP contribution in [0.25, 0.3) is 11.1 Å². The normalized spacial score (nSPS) is 20.9. The molecule has 2 atom stereocenters. The van der Waals surface area contributed by atoms with Gasteiger partial charge in [0.25, 0.3) is 0 Å². The van der Waals surface area contributed by atoms with Crippen molar-refractivity contribution in [2.45, 2.75) is 51.6 Å². The van der Waals surface area contributed by atoms with E-state index in [0.29, 0.717) is 0 Å². The summed E-state index contributed by atoms with van der Waals surface area (Å²) in [4.78, 5) is 0. The van der Waals surface area contributed by atoms with Gasteiger partial charge in [-0.25, -0.2) is 0 Å². The summed E-state index contributed by atoms with van der Waals surface area (Å²) >= 11 is 3.49. The maximum atomic E-state index is 6.16. The van der Waals surface area contributed by atoms with Crippen molar-refractivity contribution in [2.75, 3.05) is 6.61 Å². The third kappa shape index (κ3) is 4.70. The van der Waals surface area contributed by atoms with Crippen LogP contribution in [-0.2, 0) is 4.74 Å². The van der Waals surface area contributed by atoms with Gasteiger partial charge in [-0.1, -0.05) is 78.5 Å². The van der Waals surface area contributed by atoms with Crippen molar-refractivity contribution < 1.29 is 4.74 Å². The molecule has 1 fully saturated rings. The van der Waals surface area contributed by atoms with Crippen molar-refractivity contribution in [3.63, 3.8) is 0 Å². The lowest BCUT2D eigenvalue weighted by Gasteiger charge is -2.29. The van der Waals surface area contributed by atoms with Crippen LogP contribution in [0, 0.1) is 5.92 Å². The highest BCUT2D eigenvalue weighted by molar-refractivity contribution is 9.10. The second kappa shape index (κ2) is 8.82. The lowest BCUT2D eigenvalue weighted by molar-refractivity contribution is -0.0198. The average molecular weight is 387 g/mol. The largest absolute Gasteiger partial charge is 0.373 e. The monoisotopic (exact) mass is 386 g/mol. The van der Waals surface area contributed by atoms with E-state index in [1.54, 1.807) is 0 Å². The summed E-state index contributed by atoms with van der Waals surface area (Å²) in [6.45, 7) is 3.20. The second-order valence-corrected chi connectivity index (χ2v) is 7.81. The standard InChI is InChI=1S/C22H27BrO/c1-2-3-4-5-17-6-15-22(24-16-17)20-9-7-18(8-10-20)19-11-13-21(23)14-12-19/h7-14,17,22H,2-6,15-16H2,1H3. The molecule has 1 aliphatic rings. The van der Waals surface area contributed by atoms with Gasteiger partial charge in [0.05, 0.1) is 12.7 Å². The molecule has 0 aliphatic carbocycles. The van der Waals surface area contributed by atoms with Crippen LogP contribution in [0.2, 0.25) is 0 Å². The second-order valence-electron chi connectivity index (χ2n) is 6.89. The Morgan fingerprint density at radius 3 is 2.17 bits per heavy atom. The fourth-order valence-corrected chi connectivity index (χ4v) is 3.78. The zero-order chi connectivity index (χ0) is 16.8. The van der Waals surface area contributed by atoms with Crippen LogP contribution in [0.4, 0.5) is 0 Å². The summed E-state index contributed by atoms with van der Waals surface area (Å²) in [6, 6.07) is 17.4. The maximum Gasteiger partial charge on any atom is 0.0825 e. The lowest BCUT2D eigenvalue weighted by Crippen LogP contribution is -2.20. The van der Waals surface area contributed by atoms with E-state index in [0.717, 1.165) is 23.4 Å². The van der Waals surface area contributed by atoms with E-state index in [4.69, 9.17) is 4.74 Å². The molecule has 1 nitrogen and oxygen atoms in total. The summed E-state index contributed by atoms with van der Waals surface area (Å²) in [6.07, 6.45) is 8.11. The first-order valence-corrected chi connectivity index (χ1v) is 10.0. The molecule has 24 heavy (non-hydrogen) atoms. The van der Waals surface area contributed by atoms with E-state index >= 15 is 0 Å². The van der Waals surface area contributed by atoms with Crippen molar-refractivity contribution in [3.8, 4) is 11.1 Å². The van der Waals surface area contributed by atoms with Gasteiger partial charge < -0.3 is 4.74 Å². The van der Waals surface area contributed by atoms with Gasteiger partial charge in [0.15, 0.2) is 0 Å². The summed E-state index contributed by atoms with van der Waals surface area (Å²) in [5.41, 5.74) is 3.84. The van der Waals surface area contributed by atoms with E-state index in [-0.39, 0.29) is 6.10 Å². The van der Waals surface area contributed by atoms with E-state index in [1.807, 2.05) is 0 Å². The molecule has 2 heteroatoms. The molecular weight excluding hydrogens is 360 g/mol. The van der Waals surface area contributed by atoms with Gasteiger partial charge in [-0.15, -0.1) is 0 Å². The molecule has 1 aliphatic heterocycles. The SMILES string of the molecule is CCCCCC1CCC(c2ccc(-c3ccc(Br)cc3)cc2)OC1. The van der Waals surface area contributed by atoms with Crippen molar-refractivity contribution in [1.82, 2.24) is 0 Å².